The Morgan fingerprint density at radius 2 is 1.18 bits per heavy atom. The molecule has 38 heavy (non-hydrogen) atoms. The molecule has 0 radical (unpaired) electrons. The van der Waals surface area contributed by atoms with Crippen molar-refractivity contribution in [3.05, 3.63) is 0 Å². The number of nitrogens with zero attached hydrogens (tertiary/aromatic N) is 4. The van der Waals surface area contributed by atoms with E-state index < -0.39 is 0 Å². The van der Waals surface area contributed by atoms with Crippen LogP contribution in [-0.2, 0) is 33.3 Å². The first-order valence-electron chi connectivity index (χ1n) is 14.2. The second-order valence-electron chi connectivity index (χ2n) is 10.2. The minimum absolute atomic E-state index is 0.0308. The van der Waals surface area contributed by atoms with E-state index in [0.29, 0.717) is 79.0 Å². The van der Waals surface area contributed by atoms with Gasteiger partial charge < -0.3 is 38.4 Å². The summed E-state index contributed by atoms with van der Waals surface area (Å²) in [4.78, 5) is 32.1. The van der Waals surface area contributed by atoms with Crippen molar-refractivity contribution in [3.8, 4) is 0 Å². The number of ether oxygens (including phenoxy) is 5. The zero-order valence-electron chi connectivity index (χ0n) is 24.1. The van der Waals surface area contributed by atoms with Crippen molar-refractivity contribution >= 4 is 11.8 Å². The summed E-state index contributed by atoms with van der Waals surface area (Å²) < 4.78 is 27.4. The van der Waals surface area contributed by atoms with E-state index in [0.717, 1.165) is 32.1 Å². The minimum Gasteiger partial charge on any atom is -0.379 e. The first-order chi connectivity index (χ1) is 18.5. The van der Waals surface area contributed by atoms with Gasteiger partial charge in [0.1, 0.15) is 0 Å². The van der Waals surface area contributed by atoms with E-state index in [4.69, 9.17) is 23.7 Å². The van der Waals surface area contributed by atoms with Crippen molar-refractivity contribution < 1.29 is 33.3 Å². The molecule has 0 aromatic heterocycles. The number of carbonyl (C=O) groups excluding carboxylic acids is 2. The molecule has 0 atom stereocenters. The van der Waals surface area contributed by atoms with Gasteiger partial charge in [-0.15, -0.1) is 0 Å². The number of piperidine rings is 1. The molecule has 0 N–H and O–H groups in total. The van der Waals surface area contributed by atoms with Gasteiger partial charge in [-0.3, -0.25) is 14.5 Å². The molecule has 2 fully saturated rings. The number of likely N-dealkylation sites (tertiary alicyclic amines) is 1. The van der Waals surface area contributed by atoms with E-state index in [9.17, 15) is 9.59 Å². The quantitative estimate of drug-likeness (QED) is 0.202. The fraction of sp³-hybridized carbons (Fsp3) is 0.926. The number of piperazine rings is 1. The van der Waals surface area contributed by atoms with Crippen LogP contribution in [0.15, 0.2) is 0 Å². The molecule has 222 valence electrons. The number of hydrogen-bond donors (Lipinski definition) is 0. The Balaban J connectivity index is 1.29. The minimum atomic E-state index is 0.0308. The van der Waals surface area contributed by atoms with Gasteiger partial charge in [-0.05, 0) is 38.9 Å². The van der Waals surface area contributed by atoms with E-state index in [-0.39, 0.29) is 11.8 Å². The molecule has 0 unspecified atom stereocenters. The molecule has 2 heterocycles. The number of carbonyl (C=O) groups is 2. The van der Waals surface area contributed by atoms with E-state index in [1.807, 2.05) is 4.90 Å². The lowest BCUT2D eigenvalue weighted by atomic mass is 9.96. The van der Waals surface area contributed by atoms with Crippen molar-refractivity contribution in [2.24, 2.45) is 5.92 Å². The van der Waals surface area contributed by atoms with Crippen LogP contribution >= 0.6 is 0 Å². The first kappa shape index (κ1) is 32.9. The average molecular weight is 545 g/mol. The van der Waals surface area contributed by atoms with Crippen LogP contribution in [0.4, 0.5) is 0 Å². The van der Waals surface area contributed by atoms with Crippen LogP contribution in [0.5, 0.6) is 0 Å². The summed E-state index contributed by atoms with van der Waals surface area (Å²) >= 11 is 0. The molecular weight excluding hydrogens is 492 g/mol. The molecule has 0 bridgehead atoms. The maximum Gasteiger partial charge on any atom is 0.224 e. The standard InChI is InChI=1S/C27H52N4O7/c1-25(32)29(3)13-15-35-17-19-37-21-23-38-22-20-36-18-16-34-14-6-27(33)31-11-9-30(10-12-31)24-26-4-7-28(2)8-5-26/h26H,4-24H2,1-3H3. The SMILES string of the molecule is CC(=O)N(C)CCOCCOCCOCCOCCOCCC(=O)N1CCN(CC2CCN(C)CC2)CC1. The molecule has 0 aromatic rings. The molecular formula is C27H52N4O7. The molecule has 0 aromatic carbocycles. The highest BCUT2D eigenvalue weighted by Crippen LogP contribution is 2.18. The molecule has 2 rings (SSSR count). The van der Waals surface area contributed by atoms with E-state index in [1.54, 1.807) is 11.9 Å². The second kappa shape index (κ2) is 20.5. The topological polar surface area (TPSA) is 93.2 Å². The number of likely N-dealkylation sites (N-methyl/N-ethyl adjacent to an activating group) is 1. The summed E-state index contributed by atoms with van der Waals surface area (Å²) in [6.45, 7) is 14.2. The van der Waals surface area contributed by atoms with E-state index in [1.165, 1.54) is 39.4 Å². The molecule has 0 spiro atoms. The Morgan fingerprint density at radius 1 is 0.711 bits per heavy atom. The van der Waals surface area contributed by atoms with Crippen molar-refractivity contribution in [3.63, 3.8) is 0 Å². The maximum atomic E-state index is 12.5. The lowest BCUT2D eigenvalue weighted by Crippen LogP contribution is -2.50. The predicted molar refractivity (Wildman–Crippen MR) is 145 cm³/mol. The molecule has 11 nitrogen and oxygen atoms in total. The number of hydrogen-bond acceptors (Lipinski definition) is 9. The average Bonchev–Trinajstić information content (AvgIpc) is 2.91. The third-order valence-electron chi connectivity index (χ3n) is 7.14. The number of rotatable bonds is 20. The smallest absolute Gasteiger partial charge is 0.224 e. The first-order valence-corrected chi connectivity index (χ1v) is 14.2. The van der Waals surface area contributed by atoms with Crippen LogP contribution in [0.3, 0.4) is 0 Å². The Kier molecular flexibility index (Phi) is 17.8. The molecule has 2 amide bonds. The summed E-state index contributed by atoms with van der Waals surface area (Å²) in [7, 11) is 3.95. The molecule has 2 saturated heterocycles. The summed E-state index contributed by atoms with van der Waals surface area (Å²) in [5.41, 5.74) is 0. The molecule has 11 heteroatoms. The molecule has 2 aliphatic heterocycles. The summed E-state index contributed by atoms with van der Waals surface area (Å²) in [5, 5.41) is 0. The van der Waals surface area contributed by atoms with Crippen LogP contribution in [0, 0.1) is 5.92 Å². The highest BCUT2D eigenvalue weighted by Gasteiger charge is 2.24. The third kappa shape index (κ3) is 15.3. The van der Waals surface area contributed by atoms with Crippen molar-refractivity contribution in [1.82, 2.24) is 19.6 Å². The van der Waals surface area contributed by atoms with Gasteiger partial charge in [-0.1, -0.05) is 0 Å². The molecule has 2 aliphatic rings. The van der Waals surface area contributed by atoms with Crippen LogP contribution in [0.1, 0.15) is 26.2 Å². The van der Waals surface area contributed by atoms with Crippen LogP contribution in [0.25, 0.3) is 0 Å². The monoisotopic (exact) mass is 544 g/mol. The maximum absolute atomic E-state index is 12.5. The highest BCUT2D eigenvalue weighted by atomic mass is 16.6. The van der Waals surface area contributed by atoms with Crippen LogP contribution < -0.4 is 0 Å². The van der Waals surface area contributed by atoms with Crippen molar-refractivity contribution in [2.45, 2.75) is 26.2 Å². The number of amides is 2. The van der Waals surface area contributed by atoms with Gasteiger partial charge in [0.15, 0.2) is 0 Å². The van der Waals surface area contributed by atoms with Gasteiger partial charge in [-0.2, -0.15) is 0 Å². The van der Waals surface area contributed by atoms with Crippen molar-refractivity contribution in [2.75, 3.05) is 133 Å². The fourth-order valence-corrected chi connectivity index (χ4v) is 4.45. The van der Waals surface area contributed by atoms with Gasteiger partial charge in [0, 0.05) is 53.2 Å². The van der Waals surface area contributed by atoms with E-state index >= 15 is 0 Å². The van der Waals surface area contributed by atoms with Crippen LogP contribution in [-0.4, -0.2) is 164 Å². The second-order valence-corrected chi connectivity index (χ2v) is 10.2. The largest absolute Gasteiger partial charge is 0.379 e. The lowest BCUT2D eigenvalue weighted by Gasteiger charge is -2.38. The van der Waals surface area contributed by atoms with Crippen LogP contribution in [0.2, 0.25) is 0 Å². The predicted octanol–water partition coefficient (Wildman–Crippen LogP) is 0.424. The summed E-state index contributed by atoms with van der Waals surface area (Å²) in [6.07, 6.45) is 3.01. The normalized spacial score (nSPS) is 17.7. The zero-order valence-corrected chi connectivity index (χ0v) is 24.1. The van der Waals surface area contributed by atoms with Gasteiger partial charge in [0.05, 0.1) is 72.5 Å². The third-order valence-corrected chi connectivity index (χ3v) is 7.14. The van der Waals surface area contributed by atoms with Gasteiger partial charge >= 0.3 is 0 Å². The summed E-state index contributed by atoms with van der Waals surface area (Å²) in [6, 6.07) is 0. The molecule has 0 saturated carbocycles. The van der Waals surface area contributed by atoms with E-state index in [2.05, 4.69) is 16.8 Å². The van der Waals surface area contributed by atoms with Gasteiger partial charge in [-0.25, -0.2) is 0 Å². The molecule has 0 aliphatic carbocycles. The van der Waals surface area contributed by atoms with Gasteiger partial charge in [0.2, 0.25) is 11.8 Å². The Bertz CT molecular complexity index is 627. The highest BCUT2D eigenvalue weighted by molar-refractivity contribution is 5.76. The zero-order chi connectivity index (χ0) is 27.4. The Hall–Kier alpha value is -1.34. The van der Waals surface area contributed by atoms with Crippen molar-refractivity contribution in [1.29, 1.82) is 0 Å². The Morgan fingerprint density at radius 3 is 1.68 bits per heavy atom. The van der Waals surface area contributed by atoms with Gasteiger partial charge in [0.25, 0.3) is 0 Å². The summed E-state index contributed by atoms with van der Waals surface area (Å²) in [5.74, 6) is 1.02. The lowest BCUT2D eigenvalue weighted by molar-refractivity contribution is -0.134. The Labute approximate surface area is 229 Å². The fourth-order valence-electron chi connectivity index (χ4n) is 4.45.